The maximum atomic E-state index is 12.3. The van der Waals surface area contributed by atoms with E-state index in [9.17, 15) is 15.0 Å². The van der Waals surface area contributed by atoms with Gasteiger partial charge >= 0.3 is 0 Å². The lowest BCUT2D eigenvalue weighted by Gasteiger charge is -2.31. The van der Waals surface area contributed by atoms with Crippen LogP contribution in [0.5, 0.6) is 0 Å². The second kappa shape index (κ2) is 5.18. The number of fused-ring (bicyclic) bond motifs is 1. The van der Waals surface area contributed by atoms with Crippen LogP contribution in [-0.4, -0.2) is 56.1 Å². The predicted molar refractivity (Wildman–Crippen MR) is 71.8 cm³/mol. The number of nitrogens with zero attached hydrogens (tertiary/aromatic N) is 3. The molecule has 2 aliphatic rings. The van der Waals surface area contributed by atoms with Crippen molar-refractivity contribution < 1.29 is 15.0 Å². The van der Waals surface area contributed by atoms with Crippen molar-refractivity contribution in [1.29, 1.82) is 0 Å². The largest absolute Gasteiger partial charge is 0.390 e. The molecule has 2 fully saturated rings. The molecule has 1 saturated carbocycles. The van der Waals surface area contributed by atoms with Crippen molar-refractivity contribution in [3.8, 4) is 0 Å². The Hall–Kier alpha value is -1.40. The van der Waals surface area contributed by atoms with Gasteiger partial charge in [0.2, 0.25) is 5.91 Å². The molecule has 6 heteroatoms. The smallest absolute Gasteiger partial charge is 0.244 e. The summed E-state index contributed by atoms with van der Waals surface area (Å²) in [6.45, 7) is 3.57. The summed E-state index contributed by atoms with van der Waals surface area (Å²) in [6, 6.07) is 1.88. The SMILES string of the molecule is Cc1ccnn1CC(=O)N1C[C@H]2C[C@H](O)[C@H](O)C[C@H]2C1. The van der Waals surface area contributed by atoms with E-state index in [0.717, 1.165) is 5.69 Å². The van der Waals surface area contributed by atoms with Crippen LogP contribution in [0.3, 0.4) is 0 Å². The van der Waals surface area contributed by atoms with Crippen molar-refractivity contribution >= 4 is 5.91 Å². The molecule has 0 aromatic carbocycles. The highest BCUT2D eigenvalue weighted by molar-refractivity contribution is 5.76. The van der Waals surface area contributed by atoms with E-state index in [4.69, 9.17) is 0 Å². The predicted octanol–water partition coefficient (Wildman–Crippen LogP) is -0.218. The fraction of sp³-hybridized carbons (Fsp3) is 0.714. The van der Waals surface area contributed by atoms with Gasteiger partial charge in [-0.25, -0.2) is 0 Å². The third kappa shape index (κ3) is 2.45. The molecule has 4 atom stereocenters. The molecule has 1 aliphatic carbocycles. The Labute approximate surface area is 118 Å². The summed E-state index contributed by atoms with van der Waals surface area (Å²) in [5.74, 6) is 0.697. The van der Waals surface area contributed by atoms with Gasteiger partial charge in [0.25, 0.3) is 0 Å². The number of hydrogen-bond acceptors (Lipinski definition) is 4. The first kappa shape index (κ1) is 13.6. The summed E-state index contributed by atoms with van der Waals surface area (Å²) >= 11 is 0. The molecule has 1 aliphatic heterocycles. The molecule has 1 aromatic heterocycles. The second-order valence-corrected chi connectivity index (χ2v) is 6.06. The minimum Gasteiger partial charge on any atom is -0.390 e. The summed E-state index contributed by atoms with van der Waals surface area (Å²) < 4.78 is 1.70. The summed E-state index contributed by atoms with van der Waals surface area (Å²) in [4.78, 5) is 14.2. The monoisotopic (exact) mass is 279 g/mol. The molecule has 3 rings (SSSR count). The average molecular weight is 279 g/mol. The van der Waals surface area contributed by atoms with Gasteiger partial charge in [-0.05, 0) is 37.7 Å². The number of aromatic nitrogens is 2. The van der Waals surface area contributed by atoms with Gasteiger partial charge in [0.1, 0.15) is 6.54 Å². The standard InChI is InChI=1S/C14H21N3O3/c1-9-2-3-15-17(9)8-14(20)16-6-10-4-12(18)13(19)5-11(10)7-16/h2-3,10-13,18-19H,4-8H2,1H3/t10-,11+,12+,13-. The van der Waals surface area contributed by atoms with Gasteiger partial charge in [0.05, 0.1) is 12.2 Å². The lowest BCUT2D eigenvalue weighted by atomic mass is 9.79. The summed E-state index contributed by atoms with van der Waals surface area (Å²) in [6.07, 6.45) is 1.60. The average Bonchev–Trinajstić information content (AvgIpc) is 2.97. The van der Waals surface area contributed by atoms with Gasteiger partial charge in [-0.1, -0.05) is 0 Å². The van der Waals surface area contributed by atoms with E-state index in [0.29, 0.717) is 37.8 Å². The number of likely N-dealkylation sites (tertiary alicyclic amines) is 1. The van der Waals surface area contributed by atoms with Crippen molar-refractivity contribution in [2.75, 3.05) is 13.1 Å². The maximum absolute atomic E-state index is 12.3. The Morgan fingerprint density at radius 1 is 1.30 bits per heavy atom. The number of aryl methyl sites for hydroxylation is 1. The van der Waals surface area contributed by atoms with E-state index in [2.05, 4.69) is 5.10 Å². The minimum atomic E-state index is -0.639. The van der Waals surface area contributed by atoms with Crippen LogP contribution in [0.4, 0.5) is 0 Å². The van der Waals surface area contributed by atoms with Gasteiger partial charge in [-0.3, -0.25) is 9.48 Å². The fourth-order valence-corrected chi connectivity index (χ4v) is 3.40. The normalized spacial score (nSPS) is 33.2. The highest BCUT2D eigenvalue weighted by atomic mass is 16.3. The molecular formula is C14H21N3O3. The first-order valence-corrected chi connectivity index (χ1v) is 7.17. The number of aliphatic hydroxyl groups excluding tert-OH is 2. The molecule has 1 aromatic rings. The van der Waals surface area contributed by atoms with Crippen molar-refractivity contribution in [2.45, 2.75) is 38.5 Å². The number of hydrogen-bond donors (Lipinski definition) is 2. The van der Waals surface area contributed by atoms with Gasteiger partial charge in [-0.2, -0.15) is 5.10 Å². The molecule has 0 radical (unpaired) electrons. The molecule has 20 heavy (non-hydrogen) atoms. The van der Waals surface area contributed by atoms with Crippen molar-refractivity contribution in [3.05, 3.63) is 18.0 Å². The Morgan fingerprint density at radius 3 is 2.40 bits per heavy atom. The molecule has 0 bridgehead atoms. The third-order valence-corrected chi connectivity index (χ3v) is 4.68. The van der Waals surface area contributed by atoms with Crippen LogP contribution >= 0.6 is 0 Å². The Kier molecular flexibility index (Phi) is 3.52. The fourth-order valence-electron chi connectivity index (χ4n) is 3.40. The number of amides is 1. The zero-order chi connectivity index (χ0) is 14.3. The third-order valence-electron chi connectivity index (χ3n) is 4.68. The number of carbonyl (C=O) groups excluding carboxylic acids is 1. The Morgan fingerprint density at radius 2 is 1.90 bits per heavy atom. The highest BCUT2D eigenvalue weighted by Gasteiger charge is 2.42. The molecule has 0 spiro atoms. The lowest BCUT2D eigenvalue weighted by molar-refractivity contribution is -0.131. The van der Waals surface area contributed by atoms with E-state index in [-0.39, 0.29) is 12.5 Å². The van der Waals surface area contributed by atoms with Crippen LogP contribution in [0.25, 0.3) is 0 Å². The van der Waals surface area contributed by atoms with Crippen LogP contribution in [-0.2, 0) is 11.3 Å². The molecule has 6 nitrogen and oxygen atoms in total. The summed E-state index contributed by atoms with van der Waals surface area (Å²) in [7, 11) is 0. The second-order valence-electron chi connectivity index (χ2n) is 6.06. The number of carbonyl (C=O) groups is 1. The lowest BCUT2D eigenvalue weighted by Crippen LogP contribution is -2.38. The molecular weight excluding hydrogens is 258 g/mol. The van der Waals surface area contributed by atoms with E-state index in [1.165, 1.54) is 0 Å². The van der Waals surface area contributed by atoms with E-state index in [1.54, 1.807) is 10.9 Å². The number of rotatable bonds is 2. The zero-order valence-electron chi connectivity index (χ0n) is 11.6. The Balaban J connectivity index is 1.62. The van der Waals surface area contributed by atoms with Gasteiger partial charge < -0.3 is 15.1 Å². The van der Waals surface area contributed by atoms with E-state index in [1.807, 2.05) is 17.9 Å². The van der Waals surface area contributed by atoms with Gasteiger partial charge in [0.15, 0.2) is 0 Å². The molecule has 2 heterocycles. The van der Waals surface area contributed by atoms with Crippen LogP contribution < -0.4 is 0 Å². The van der Waals surface area contributed by atoms with Crippen molar-refractivity contribution in [1.82, 2.24) is 14.7 Å². The summed E-state index contributed by atoms with van der Waals surface area (Å²) in [5, 5.41) is 23.6. The van der Waals surface area contributed by atoms with E-state index >= 15 is 0 Å². The first-order chi connectivity index (χ1) is 9.54. The molecule has 110 valence electrons. The van der Waals surface area contributed by atoms with Crippen LogP contribution in [0.2, 0.25) is 0 Å². The first-order valence-electron chi connectivity index (χ1n) is 7.17. The molecule has 1 amide bonds. The van der Waals surface area contributed by atoms with Gasteiger partial charge in [0, 0.05) is 25.0 Å². The molecule has 2 N–H and O–H groups in total. The minimum absolute atomic E-state index is 0.0650. The van der Waals surface area contributed by atoms with Crippen molar-refractivity contribution in [2.24, 2.45) is 11.8 Å². The topological polar surface area (TPSA) is 78.6 Å². The number of aliphatic hydroxyl groups is 2. The van der Waals surface area contributed by atoms with Gasteiger partial charge in [-0.15, -0.1) is 0 Å². The Bertz CT molecular complexity index is 484. The zero-order valence-corrected chi connectivity index (χ0v) is 11.6. The quantitative estimate of drug-likeness (QED) is 0.784. The molecule has 1 saturated heterocycles. The maximum Gasteiger partial charge on any atom is 0.244 e. The van der Waals surface area contributed by atoms with Crippen molar-refractivity contribution in [3.63, 3.8) is 0 Å². The highest BCUT2D eigenvalue weighted by Crippen LogP contribution is 2.36. The van der Waals surface area contributed by atoms with Crippen LogP contribution in [0, 0.1) is 18.8 Å². The molecule has 0 unspecified atom stereocenters. The summed E-state index contributed by atoms with van der Waals surface area (Å²) in [5.41, 5.74) is 0.973. The van der Waals surface area contributed by atoms with E-state index < -0.39 is 12.2 Å². The van der Waals surface area contributed by atoms with Crippen LogP contribution in [0.1, 0.15) is 18.5 Å². The van der Waals surface area contributed by atoms with Crippen LogP contribution in [0.15, 0.2) is 12.3 Å².